The Morgan fingerprint density at radius 3 is 2.47 bits per heavy atom. The summed E-state index contributed by atoms with van der Waals surface area (Å²) in [6, 6.07) is 0.703. The van der Waals surface area contributed by atoms with Gasteiger partial charge in [0, 0.05) is 25.7 Å². The first-order valence-electron chi connectivity index (χ1n) is 8.14. The SMILES string of the molecule is CCCC(C)(CNC)CN(CCO)C1CCCCC1. The predicted molar refractivity (Wildman–Crippen MR) is 82.5 cm³/mol. The van der Waals surface area contributed by atoms with Gasteiger partial charge in [0.2, 0.25) is 0 Å². The average Bonchev–Trinajstić information content (AvgIpc) is 2.40. The van der Waals surface area contributed by atoms with E-state index in [0.29, 0.717) is 11.5 Å². The average molecular weight is 270 g/mol. The molecule has 0 bridgehead atoms. The fourth-order valence-electron chi connectivity index (χ4n) is 3.71. The summed E-state index contributed by atoms with van der Waals surface area (Å²) < 4.78 is 0. The van der Waals surface area contributed by atoms with E-state index in [2.05, 4.69) is 24.1 Å². The minimum absolute atomic E-state index is 0.290. The summed E-state index contributed by atoms with van der Waals surface area (Å²) in [5, 5.41) is 12.7. The summed E-state index contributed by atoms with van der Waals surface area (Å²) in [6.45, 7) is 7.97. The van der Waals surface area contributed by atoms with Crippen molar-refractivity contribution in [3.8, 4) is 0 Å². The molecule has 0 aromatic heterocycles. The van der Waals surface area contributed by atoms with Crippen molar-refractivity contribution in [1.29, 1.82) is 0 Å². The molecule has 0 amide bonds. The lowest BCUT2D eigenvalue weighted by Gasteiger charge is -2.41. The Bertz CT molecular complexity index is 221. The molecule has 3 heteroatoms. The number of nitrogens with one attached hydrogen (secondary N) is 1. The van der Waals surface area contributed by atoms with Crippen LogP contribution in [0.25, 0.3) is 0 Å². The number of rotatable bonds is 9. The maximum atomic E-state index is 9.37. The summed E-state index contributed by atoms with van der Waals surface area (Å²) in [5.74, 6) is 0. The van der Waals surface area contributed by atoms with Crippen molar-refractivity contribution >= 4 is 0 Å². The Balaban J connectivity index is 2.62. The molecule has 0 aromatic rings. The van der Waals surface area contributed by atoms with E-state index in [1.807, 2.05) is 7.05 Å². The number of nitrogens with zero attached hydrogens (tertiary/aromatic N) is 1. The molecule has 1 aliphatic rings. The quantitative estimate of drug-likeness (QED) is 0.676. The van der Waals surface area contributed by atoms with Gasteiger partial charge in [0.05, 0.1) is 6.61 Å². The van der Waals surface area contributed by atoms with Crippen LogP contribution in [0, 0.1) is 5.41 Å². The summed E-state index contributed by atoms with van der Waals surface area (Å²) in [4.78, 5) is 2.56. The second-order valence-electron chi connectivity index (χ2n) is 6.58. The second kappa shape index (κ2) is 8.93. The van der Waals surface area contributed by atoms with Crippen LogP contribution in [0.1, 0.15) is 58.8 Å². The normalized spacial score (nSPS) is 20.7. The third-order valence-corrected chi connectivity index (χ3v) is 4.52. The van der Waals surface area contributed by atoms with Gasteiger partial charge in [0.1, 0.15) is 0 Å². The lowest BCUT2D eigenvalue weighted by Crippen LogP contribution is -2.47. The van der Waals surface area contributed by atoms with E-state index < -0.39 is 0 Å². The number of hydrogen-bond donors (Lipinski definition) is 2. The Hall–Kier alpha value is -0.120. The van der Waals surface area contributed by atoms with Gasteiger partial charge in [-0.05, 0) is 31.7 Å². The Labute approximate surface area is 119 Å². The molecular weight excluding hydrogens is 236 g/mol. The van der Waals surface area contributed by atoms with Crippen LogP contribution >= 0.6 is 0 Å². The van der Waals surface area contributed by atoms with Crippen LogP contribution in [0.4, 0.5) is 0 Å². The Morgan fingerprint density at radius 2 is 1.95 bits per heavy atom. The highest BCUT2D eigenvalue weighted by molar-refractivity contribution is 4.84. The minimum atomic E-state index is 0.290. The predicted octanol–water partition coefficient (Wildman–Crippen LogP) is 2.64. The van der Waals surface area contributed by atoms with E-state index in [4.69, 9.17) is 0 Å². The van der Waals surface area contributed by atoms with Gasteiger partial charge in [-0.3, -0.25) is 4.90 Å². The zero-order chi connectivity index (χ0) is 14.1. The molecule has 1 aliphatic carbocycles. The van der Waals surface area contributed by atoms with Crippen LogP contribution in [0.2, 0.25) is 0 Å². The third-order valence-electron chi connectivity index (χ3n) is 4.52. The van der Waals surface area contributed by atoms with Gasteiger partial charge in [0.25, 0.3) is 0 Å². The molecule has 0 spiro atoms. The lowest BCUT2D eigenvalue weighted by molar-refractivity contribution is 0.0724. The van der Waals surface area contributed by atoms with Gasteiger partial charge in [-0.2, -0.15) is 0 Å². The molecule has 114 valence electrons. The zero-order valence-corrected chi connectivity index (χ0v) is 13.2. The molecular formula is C16H34N2O. The monoisotopic (exact) mass is 270 g/mol. The number of aliphatic hydroxyl groups excluding tert-OH is 1. The van der Waals surface area contributed by atoms with Gasteiger partial charge in [-0.1, -0.05) is 39.5 Å². The smallest absolute Gasteiger partial charge is 0.0558 e. The Kier molecular flexibility index (Phi) is 7.96. The fourth-order valence-corrected chi connectivity index (χ4v) is 3.71. The van der Waals surface area contributed by atoms with Crippen molar-refractivity contribution in [3.05, 3.63) is 0 Å². The van der Waals surface area contributed by atoms with E-state index in [0.717, 1.165) is 19.6 Å². The maximum absolute atomic E-state index is 9.37. The molecule has 19 heavy (non-hydrogen) atoms. The van der Waals surface area contributed by atoms with Crippen molar-refractivity contribution in [2.45, 2.75) is 64.8 Å². The van der Waals surface area contributed by atoms with E-state index in [9.17, 15) is 5.11 Å². The first-order valence-corrected chi connectivity index (χ1v) is 8.14. The fraction of sp³-hybridized carbons (Fsp3) is 1.00. The maximum Gasteiger partial charge on any atom is 0.0558 e. The van der Waals surface area contributed by atoms with Crippen LogP contribution in [-0.4, -0.2) is 49.3 Å². The Morgan fingerprint density at radius 1 is 1.26 bits per heavy atom. The first kappa shape index (κ1) is 16.9. The van der Waals surface area contributed by atoms with Gasteiger partial charge < -0.3 is 10.4 Å². The molecule has 0 aromatic carbocycles. The molecule has 0 heterocycles. The van der Waals surface area contributed by atoms with E-state index in [-0.39, 0.29) is 6.61 Å². The van der Waals surface area contributed by atoms with Crippen LogP contribution in [-0.2, 0) is 0 Å². The lowest BCUT2D eigenvalue weighted by atomic mass is 9.83. The molecule has 1 fully saturated rings. The molecule has 1 rings (SSSR count). The molecule has 2 N–H and O–H groups in total. The second-order valence-corrected chi connectivity index (χ2v) is 6.58. The summed E-state index contributed by atoms with van der Waals surface area (Å²) in [6.07, 6.45) is 9.25. The highest BCUT2D eigenvalue weighted by Crippen LogP contribution is 2.29. The third kappa shape index (κ3) is 5.80. The first-order chi connectivity index (χ1) is 9.15. The molecule has 1 saturated carbocycles. The van der Waals surface area contributed by atoms with Gasteiger partial charge in [0.15, 0.2) is 0 Å². The van der Waals surface area contributed by atoms with Gasteiger partial charge in [-0.25, -0.2) is 0 Å². The van der Waals surface area contributed by atoms with Crippen molar-refractivity contribution in [2.75, 3.05) is 33.3 Å². The molecule has 0 aliphatic heterocycles. The number of aliphatic hydroxyl groups is 1. The minimum Gasteiger partial charge on any atom is -0.395 e. The summed E-state index contributed by atoms with van der Waals surface area (Å²) in [5.41, 5.74) is 0.329. The van der Waals surface area contributed by atoms with Gasteiger partial charge >= 0.3 is 0 Å². The van der Waals surface area contributed by atoms with E-state index in [1.165, 1.54) is 44.9 Å². The summed E-state index contributed by atoms with van der Waals surface area (Å²) in [7, 11) is 2.05. The van der Waals surface area contributed by atoms with Gasteiger partial charge in [-0.15, -0.1) is 0 Å². The zero-order valence-electron chi connectivity index (χ0n) is 13.2. The standard InChI is InChI=1S/C16H34N2O/c1-4-10-16(2,13-17-3)14-18(11-12-19)15-8-6-5-7-9-15/h15,17,19H,4-14H2,1-3H3. The topological polar surface area (TPSA) is 35.5 Å². The van der Waals surface area contributed by atoms with Crippen LogP contribution in [0.5, 0.6) is 0 Å². The molecule has 0 saturated heterocycles. The van der Waals surface area contributed by atoms with Crippen molar-refractivity contribution in [1.82, 2.24) is 10.2 Å². The molecule has 1 atom stereocenters. The largest absolute Gasteiger partial charge is 0.395 e. The molecule has 0 radical (unpaired) electrons. The van der Waals surface area contributed by atoms with Crippen molar-refractivity contribution in [2.24, 2.45) is 5.41 Å². The van der Waals surface area contributed by atoms with Crippen molar-refractivity contribution in [3.63, 3.8) is 0 Å². The van der Waals surface area contributed by atoms with Crippen LogP contribution in [0.15, 0.2) is 0 Å². The van der Waals surface area contributed by atoms with E-state index in [1.54, 1.807) is 0 Å². The van der Waals surface area contributed by atoms with Crippen LogP contribution in [0.3, 0.4) is 0 Å². The number of hydrogen-bond acceptors (Lipinski definition) is 3. The van der Waals surface area contributed by atoms with Crippen molar-refractivity contribution < 1.29 is 5.11 Å². The van der Waals surface area contributed by atoms with E-state index >= 15 is 0 Å². The highest BCUT2D eigenvalue weighted by atomic mass is 16.3. The highest BCUT2D eigenvalue weighted by Gasteiger charge is 2.29. The molecule has 1 unspecified atom stereocenters. The summed E-state index contributed by atoms with van der Waals surface area (Å²) >= 11 is 0. The van der Waals surface area contributed by atoms with Crippen LogP contribution < -0.4 is 5.32 Å². The molecule has 3 nitrogen and oxygen atoms in total.